The quantitative estimate of drug-likeness (QED) is 0.567. The van der Waals surface area contributed by atoms with E-state index in [-0.39, 0.29) is 17.2 Å². The van der Waals surface area contributed by atoms with Crippen molar-refractivity contribution in [1.82, 2.24) is 4.98 Å². The molecule has 0 aliphatic carbocycles. The van der Waals surface area contributed by atoms with Gasteiger partial charge in [-0.2, -0.15) is 4.98 Å². The molecule has 0 spiro atoms. The molecule has 0 atom stereocenters. The molecule has 1 aromatic carbocycles. The molecule has 2 aromatic heterocycles. The number of nitrogens with zero attached hydrogens (tertiary/aromatic N) is 2. The number of rotatable bonds is 5. The van der Waals surface area contributed by atoms with Gasteiger partial charge in [0.2, 0.25) is 0 Å². The van der Waals surface area contributed by atoms with Crippen LogP contribution >= 0.6 is 0 Å². The normalized spacial score (nSPS) is 10.8. The predicted molar refractivity (Wildman–Crippen MR) is 71.6 cm³/mol. The van der Waals surface area contributed by atoms with Crippen LogP contribution in [0.2, 0.25) is 0 Å². The van der Waals surface area contributed by atoms with Crippen LogP contribution in [0.3, 0.4) is 0 Å². The number of fused-ring (bicyclic) bond motifs is 1. The minimum absolute atomic E-state index is 0.0645. The zero-order chi connectivity index (χ0) is 13.9. The summed E-state index contributed by atoms with van der Waals surface area (Å²) in [6.45, 7) is 0.564. The fraction of sp³-hybridized carbons (Fsp3) is 0.154. The number of hydrogen-bond donors (Lipinski definition) is 1. The Labute approximate surface area is 113 Å². The number of nitro benzene ring substituents is 1. The van der Waals surface area contributed by atoms with Gasteiger partial charge in [-0.1, -0.05) is 6.07 Å². The van der Waals surface area contributed by atoms with Crippen molar-refractivity contribution in [2.45, 2.75) is 6.42 Å². The fourth-order valence-corrected chi connectivity index (χ4v) is 1.90. The number of nitrogens with one attached hydrogen (secondary N) is 1. The summed E-state index contributed by atoms with van der Waals surface area (Å²) in [6.07, 6.45) is 2.28. The third-order valence-electron chi connectivity index (χ3n) is 2.82. The van der Waals surface area contributed by atoms with Crippen molar-refractivity contribution in [3.05, 3.63) is 52.5 Å². The van der Waals surface area contributed by atoms with E-state index in [0.29, 0.717) is 18.5 Å². The SMILES string of the molecule is O=[N+]([O-])c1cccc2oc(NCCc3ccco3)nc12. The molecule has 0 saturated heterocycles. The highest BCUT2D eigenvalue weighted by molar-refractivity contribution is 5.83. The molecule has 0 bridgehead atoms. The van der Waals surface area contributed by atoms with E-state index in [0.717, 1.165) is 5.76 Å². The Bertz CT molecular complexity index is 733. The standard InChI is InChI=1S/C13H11N3O4/c17-16(18)10-4-1-5-11-12(10)15-13(20-11)14-7-6-9-3-2-8-19-9/h1-5,8H,6-7H2,(H,14,15). The van der Waals surface area contributed by atoms with Crippen molar-refractivity contribution in [2.24, 2.45) is 0 Å². The monoisotopic (exact) mass is 273 g/mol. The molecule has 7 nitrogen and oxygen atoms in total. The van der Waals surface area contributed by atoms with Crippen LogP contribution in [0, 0.1) is 10.1 Å². The van der Waals surface area contributed by atoms with Crippen molar-refractivity contribution in [1.29, 1.82) is 0 Å². The largest absolute Gasteiger partial charge is 0.469 e. The first-order valence-corrected chi connectivity index (χ1v) is 6.04. The molecule has 0 amide bonds. The summed E-state index contributed by atoms with van der Waals surface area (Å²) in [5.41, 5.74) is 0.572. The molecule has 1 N–H and O–H groups in total. The van der Waals surface area contributed by atoms with Crippen LogP contribution in [0.4, 0.5) is 11.7 Å². The molecule has 2 heterocycles. The number of hydrogen-bond acceptors (Lipinski definition) is 6. The van der Waals surface area contributed by atoms with Gasteiger partial charge in [0.15, 0.2) is 11.1 Å². The second-order valence-electron chi connectivity index (χ2n) is 4.16. The molecule has 0 fully saturated rings. The highest BCUT2D eigenvalue weighted by atomic mass is 16.6. The van der Waals surface area contributed by atoms with Gasteiger partial charge < -0.3 is 14.2 Å². The Hall–Kier alpha value is -2.83. The van der Waals surface area contributed by atoms with Crippen molar-refractivity contribution in [3.8, 4) is 0 Å². The Kier molecular flexibility index (Phi) is 3.08. The molecule has 7 heteroatoms. The first-order valence-electron chi connectivity index (χ1n) is 6.04. The zero-order valence-corrected chi connectivity index (χ0v) is 10.4. The van der Waals surface area contributed by atoms with Crippen molar-refractivity contribution in [3.63, 3.8) is 0 Å². The summed E-state index contributed by atoms with van der Waals surface area (Å²) in [4.78, 5) is 14.5. The average molecular weight is 273 g/mol. The van der Waals surface area contributed by atoms with Gasteiger partial charge in [-0.05, 0) is 18.2 Å². The molecular weight excluding hydrogens is 262 g/mol. The number of non-ortho nitro benzene ring substituents is 1. The van der Waals surface area contributed by atoms with E-state index in [1.807, 2.05) is 12.1 Å². The van der Waals surface area contributed by atoms with Gasteiger partial charge in [-0.3, -0.25) is 10.1 Å². The van der Waals surface area contributed by atoms with E-state index in [1.165, 1.54) is 6.07 Å². The number of benzene rings is 1. The van der Waals surface area contributed by atoms with Gasteiger partial charge in [0.25, 0.3) is 11.7 Å². The zero-order valence-electron chi connectivity index (χ0n) is 10.4. The van der Waals surface area contributed by atoms with Crippen LogP contribution in [-0.2, 0) is 6.42 Å². The third-order valence-corrected chi connectivity index (χ3v) is 2.82. The predicted octanol–water partition coefficient (Wildman–Crippen LogP) is 2.98. The molecule has 102 valence electrons. The summed E-state index contributed by atoms with van der Waals surface area (Å²) >= 11 is 0. The van der Waals surface area contributed by atoms with Gasteiger partial charge in [-0.15, -0.1) is 0 Å². The molecule has 0 aliphatic heterocycles. The van der Waals surface area contributed by atoms with E-state index >= 15 is 0 Å². The smallest absolute Gasteiger partial charge is 0.298 e. The molecule has 20 heavy (non-hydrogen) atoms. The van der Waals surface area contributed by atoms with Gasteiger partial charge in [0.1, 0.15) is 5.76 Å². The summed E-state index contributed by atoms with van der Waals surface area (Å²) in [5.74, 6) is 0.847. The van der Waals surface area contributed by atoms with Crippen LogP contribution in [0.25, 0.3) is 11.1 Å². The second kappa shape index (κ2) is 5.04. The van der Waals surface area contributed by atoms with E-state index < -0.39 is 4.92 Å². The summed E-state index contributed by atoms with van der Waals surface area (Å²) in [5, 5.41) is 13.9. The lowest BCUT2D eigenvalue weighted by Gasteiger charge is -1.98. The maximum atomic E-state index is 10.9. The van der Waals surface area contributed by atoms with Gasteiger partial charge in [0.05, 0.1) is 11.2 Å². The minimum atomic E-state index is -0.475. The summed E-state index contributed by atoms with van der Waals surface area (Å²) in [7, 11) is 0. The van der Waals surface area contributed by atoms with E-state index in [9.17, 15) is 10.1 Å². The fourth-order valence-electron chi connectivity index (χ4n) is 1.90. The first-order chi connectivity index (χ1) is 9.74. The maximum Gasteiger partial charge on any atom is 0.298 e. The minimum Gasteiger partial charge on any atom is -0.469 e. The Balaban J connectivity index is 1.76. The highest BCUT2D eigenvalue weighted by Gasteiger charge is 2.17. The molecule has 3 rings (SSSR count). The molecule has 0 aliphatic rings. The third kappa shape index (κ3) is 2.33. The lowest BCUT2D eigenvalue weighted by molar-refractivity contribution is -0.383. The molecule has 0 unspecified atom stereocenters. The molecule has 0 saturated carbocycles. The van der Waals surface area contributed by atoms with E-state index in [1.54, 1.807) is 18.4 Å². The number of nitro groups is 1. The summed E-state index contributed by atoms with van der Waals surface area (Å²) < 4.78 is 10.6. The Morgan fingerprint density at radius 1 is 1.30 bits per heavy atom. The number of furan rings is 1. The number of aromatic nitrogens is 1. The lowest BCUT2D eigenvalue weighted by atomic mass is 10.3. The van der Waals surface area contributed by atoms with Crippen LogP contribution in [0.1, 0.15) is 5.76 Å². The van der Waals surface area contributed by atoms with E-state index in [4.69, 9.17) is 8.83 Å². The van der Waals surface area contributed by atoms with Crippen LogP contribution < -0.4 is 5.32 Å². The van der Waals surface area contributed by atoms with Gasteiger partial charge >= 0.3 is 0 Å². The van der Waals surface area contributed by atoms with Gasteiger partial charge in [0, 0.05) is 19.0 Å². The molecule has 0 radical (unpaired) electrons. The average Bonchev–Trinajstić information content (AvgIpc) is 3.06. The van der Waals surface area contributed by atoms with E-state index in [2.05, 4.69) is 10.3 Å². The van der Waals surface area contributed by atoms with Crippen molar-refractivity contribution < 1.29 is 13.8 Å². The van der Waals surface area contributed by atoms with Crippen molar-refractivity contribution in [2.75, 3.05) is 11.9 Å². The Morgan fingerprint density at radius 3 is 2.95 bits per heavy atom. The van der Waals surface area contributed by atoms with Gasteiger partial charge in [-0.25, -0.2) is 0 Å². The molecular formula is C13H11N3O4. The van der Waals surface area contributed by atoms with Crippen LogP contribution in [-0.4, -0.2) is 16.5 Å². The topological polar surface area (TPSA) is 94.3 Å². The number of para-hydroxylation sites is 1. The highest BCUT2D eigenvalue weighted by Crippen LogP contribution is 2.27. The van der Waals surface area contributed by atoms with Crippen LogP contribution in [0.5, 0.6) is 0 Å². The maximum absolute atomic E-state index is 10.9. The lowest BCUT2D eigenvalue weighted by Crippen LogP contribution is -2.04. The molecule has 3 aromatic rings. The summed E-state index contributed by atoms with van der Waals surface area (Å²) in [6, 6.07) is 8.57. The number of oxazole rings is 1. The van der Waals surface area contributed by atoms with Crippen LogP contribution in [0.15, 0.2) is 45.4 Å². The Morgan fingerprint density at radius 2 is 2.20 bits per heavy atom. The number of anilines is 1. The first kappa shape index (κ1) is 12.2. The van der Waals surface area contributed by atoms with Crippen molar-refractivity contribution >= 4 is 22.8 Å². The second-order valence-corrected chi connectivity index (χ2v) is 4.16.